The Hall–Kier alpha value is -1.54. The number of aromatic nitrogens is 1. The van der Waals surface area contributed by atoms with Gasteiger partial charge in [-0.05, 0) is 26.0 Å². The molecule has 106 valence electrons. The van der Waals surface area contributed by atoms with Gasteiger partial charge in [0.05, 0.1) is 11.8 Å². The molecule has 0 bridgehead atoms. The van der Waals surface area contributed by atoms with E-state index in [0.29, 0.717) is 0 Å². The van der Waals surface area contributed by atoms with Crippen molar-refractivity contribution in [1.82, 2.24) is 15.0 Å². The number of hydrogen-bond donors (Lipinski definition) is 2. The number of pyridine rings is 1. The molecule has 6 nitrogen and oxygen atoms in total. The maximum atomic E-state index is 13.2. The van der Waals surface area contributed by atoms with Crippen LogP contribution in [0.1, 0.15) is 24.2 Å². The van der Waals surface area contributed by atoms with Crippen molar-refractivity contribution in [2.45, 2.75) is 19.4 Å². The summed E-state index contributed by atoms with van der Waals surface area (Å²) >= 11 is 0. The number of carbonyl (C=O) groups excluding carboxylic acids is 1. The van der Waals surface area contributed by atoms with Crippen LogP contribution in [-0.2, 0) is 10.0 Å². The Morgan fingerprint density at radius 3 is 2.63 bits per heavy atom. The summed E-state index contributed by atoms with van der Waals surface area (Å²) in [4.78, 5) is 15.1. The summed E-state index contributed by atoms with van der Waals surface area (Å²) in [5.74, 6) is -1.51. The van der Waals surface area contributed by atoms with Crippen molar-refractivity contribution in [1.29, 1.82) is 0 Å². The average molecular weight is 289 g/mol. The van der Waals surface area contributed by atoms with Crippen LogP contribution in [0.25, 0.3) is 0 Å². The van der Waals surface area contributed by atoms with Crippen LogP contribution in [0.4, 0.5) is 4.39 Å². The second-order valence-electron chi connectivity index (χ2n) is 4.78. The van der Waals surface area contributed by atoms with E-state index in [2.05, 4.69) is 15.0 Å². The van der Waals surface area contributed by atoms with Crippen molar-refractivity contribution in [2.24, 2.45) is 0 Å². The van der Waals surface area contributed by atoms with Crippen molar-refractivity contribution in [3.8, 4) is 0 Å². The van der Waals surface area contributed by atoms with Crippen molar-refractivity contribution in [3.63, 3.8) is 0 Å². The third-order valence-corrected chi connectivity index (χ3v) is 3.08. The van der Waals surface area contributed by atoms with E-state index in [1.165, 1.54) is 18.3 Å². The molecule has 1 aromatic heterocycles. The van der Waals surface area contributed by atoms with Gasteiger partial charge in [-0.2, -0.15) is 4.39 Å². The molecule has 0 saturated carbocycles. The molecule has 19 heavy (non-hydrogen) atoms. The Morgan fingerprint density at radius 2 is 2.11 bits per heavy atom. The van der Waals surface area contributed by atoms with Crippen LogP contribution in [-0.4, -0.2) is 37.6 Å². The fraction of sp³-hybridized carbons (Fsp3) is 0.455. The highest BCUT2D eigenvalue weighted by Crippen LogP contribution is 2.05. The number of nitrogens with one attached hydrogen (secondary N) is 2. The van der Waals surface area contributed by atoms with Gasteiger partial charge in [0.2, 0.25) is 16.0 Å². The minimum absolute atomic E-state index is 0.0211. The number of hydrogen-bond acceptors (Lipinski definition) is 4. The Kier molecular flexibility index (Phi) is 4.59. The largest absolute Gasteiger partial charge is 0.350 e. The van der Waals surface area contributed by atoms with E-state index in [1.54, 1.807) is 13.8 Å². The standard InChI is InChI=1S/C11H16FN3O3S/c1-11(2,15-19(3,17)18)7-14-10(16)8-5-4-6-13-9(8)12/h4-6,15H,7H2,1-3H3,(H,14,16). The summed E-state index contributed by atoms with van der Waals surface area (Å²) in [7, 11) is -3.39. The van der Waals surface area contributed by atoms with E-state index in [9.17, 15) is 17.6 Å². The van der Waals surface area contributed by atoms with E-state index < -0.39 is 27.4 Å². The third-order valence-electron chi connectivity index (χ3n) is 2.16. The van der Waals surface area contributed by atoms with Crippen LogP contribution in [0.2, 0.25) is 0 Å². The third kappa shape index (κ3) is 5.31. The summed E-state index contributed by atoms with van der Waals surface area (Å²) < 4.78 is 37.9. The van der Waals surface area contributed by atoms with Gasteiger partial charge in [-0.3, -0.25) is 4.79 Å². The molecule has 0 saturated heterocycles. The van der Waals surface area contributed by atoms with E-state index >= 15 is 0 Å². The minimum atomic E-state index is -3.39. The smallest absolute Gasteiger partial charge is 0.255 e. The van der Waals surface area contributed by atoms with Gasteiger partial charge in [-0.25, -0.2) is 18.1 Å². The lowest BCUT2D eigenvalue weighted by atomic mass is 10.1. The maximum absolute atomic E-state index is 13.2. The van der Waals surface area contributed by atoms with Gasteiger partial charge in [0.25, 0.3) is 5.91 Å². The van der Waals surface area contributed by atoms with Crippen LogP contribution in [0.15, 0.2) is 18.3 Å². The van der Waals surface area contributed by atoms with Gasteiger partial charge < -0.3 is 5.32 Å². The molecular weight excluding hydrogens is 273 g/mol. The average Bonchev–Trinajstić information content (AvgIpc) is 2.23. The fourth-order valence-corrected chi connectivity index (χ4v) is 2.57. The summed E-state index contributed by atoms with van der Waals surface area (Å²) in [6.07, 6.45) is 2.26. The van der Waals surface area contributed by atoms with Gasteiger partial charge in [0.1, 0.15) is 0 Å². The van der Waals surface area contributed by atoms with Crippen molar-refractivity contribution >= 4 is 15.9 Å². The molecule has 1 aromatic rings. The summed E-state index contributed by atoms with van der Waals surface area (Å²) in [6.45, 7) is 3.23. The van der Waals surface area contributed by atoms with Crippen LogP contribution in [0.5, 0.6) is 0 Å². The zero-order valence-corrected chi connectivity index (χ0v) is 11.7. The van der Waals surface area contributed by atoms with Crippen LogP contribution < -0.4 is 10.0 Å². The molecule has 0 spiro atoms. The van der Waals surface area contributed by atoms with Gasteiger partial charge in [-0.1, -0.05) is 0 Å². The van der Waals surface area contributed by atoms with Crippen LogP contribution >= 0.6 is 0 Å². The van der Waals surface area contributed by atoms with Crippen molar-refractivity contribution in [3.05, 3.63) is 29.8 Å². The SMILES string of the molecule is CC(C)(CNC(=O)c1cccnc1F)NS(C)(=O)=O. The van der Waals surface area contributed by atoms with E-state index in [1.807, 2.05) is 0 Å². The Morgan fingerprint density at radius 1 is 1.47 bits per heavy atom. The van der Waals surface area contributed by atoms with E-state index in [4.69, 9.17) is 0 Å². The lowest BCUT2D eigenvalue weighted by Crippen LogP contribution is -2.51. The molecule has 1 heterocycles. The molecule has 0 aliphatic carbocycles. The molecule has 0 unspecified atom stereocenters. The molecule has 0 fully saturated rings. The Labute approximate surface area is 111 Å². The highest BCUT2D eigenvalue weighted by Gasteiger charge is 2.23. The molecule has 0 radical (unpaired) electrons. The first kappa shape index (κ1) is 15.5. The predicted octanol–water partition coefficient (Wildman–Crippen LogP) is 0.278. The molecule has 1 rings (SSSR count). The number of amides is 1. The Bertz CT molecular complexity index is 572. The first-order chi connectivity index (χ1) is 8.61. The van der Waals surface area contributed by atoms with Gasteiger partial charge in [-0.15, -0.1) is 0 Å². The first-order valence-corrected chi connectivity index (χ1v) is 7.37. The van der Waals surface area contributed by atoms with E-state index in [0.717, 1.165) is 6.26 Å². The monoisotopic (exact) mass is 289 g/mol. The zero-order valence-electron chi connectivity index (χ0n) is 10.9. The van der Waals surface area contributed by atoms with Gasteiger partial charge >= 0.3 is 0 Å². The highest BCUT2D eigenvalue weighted by molar-refractivity contribution is 7.88. The molecule has 1 amide bonds. The fourth-order valence-electron chi connectivity index (χ4n) is 1.49. The number of halogens is 1. The second-order valence-corrected chi connectivity index (χ2v) is 6.53. The lowest BCUT2D eigenvalue weighted by Gasteiger charge is -2.25. The molecular formula is C11H16FN3O3S. The number of nitrogens with zero attached hydrogens (tertiary/aromatic N) is 1. The van der Waals surface area contributed by atoms with Crippen molar-refractivity contribution < 1.29 is 17.6 Å². The molecule has 0 aliphatic heterocycles. The minimum Gasteiger partial charge on any atom is -0.350 e. The van der Waals surface area contributed by atoms with Crippen LogP contribution in [0.3, 0.4) is 0 Å². The number of rotatable bonds is 5. The number of sulfonamides is 1. The normalized spacial score (nSPS) is 12.2. The Balaban J connectivity index is 2.67. The lowest BCUT2D eigenvalue weighted by molar-refractivity contribution is 0.0939. The summed E-state index contributed by atoms with van der Waals surface area (Å²) in [5.41, 5.74) is -1.06. The van der Waals surface area contributed by atoms with Crippen molar-refractivity contribution in [2.75, 3.05) is 12.8 Å². The molecule has 8 heteroatoms. The van der Waals surface area contributed by atoms with Crippen LogP contribution in [0, 0.1) is 5.95 Å². The number of carbonyl (C=O) groups is 1. The maximum Gasteiger partial charge on any atom is 0.255 e. The zero-order chi connectivity index (χ0) is 14.7. The van der Waals surface area contributed by atoms with E-state index in [-0.39, 0.29) is 12.1 Å². The highest BCUT2D eigenvalue weighted by atomic mass is 32.2. The predicted molar refractivity (Wildman–Crippen MR) is 68.6 cm³/mol. The molecule has 0 aromatic carbocycles. The summed E-state index contributed by atoms with van der Waals surface area (Å²) in [6, 6.07) is 2.74. The quantitative estimate of drug-likeness (QED) is 0.762. The molecule has 0 aliphatic rings. The summed E-state index contributed by atoms with van der Waals surface area (Å²) in [5, 5.41) is 2.46. The molecule has 0 atom stereocenters. The topological polar surface area (TPSA) is 88.2 Å². The second kappa shape index (κ2) is 5.62. The van der Waals surface area contributed by atoms with Gasteiger partial charge in [0.15, 0.2) is 0 Å². The first-order valence-electron chi connectivity index (χ1n) is 5.48. The molecule has 2 N–H and O–H groups in total. The van der Waals surface area contributed by atoms with Gasteiger partial charge in [0, 0.05) is 18.3 Å².